The van der Waals surface area contributed by atoms with Gasteiger partial charge in [-0.05, 0) is 19.9 Å². The number of hydrogen-bond acceptors (Lipinski definition) is 1. The Kier molecular flexibility index (Phi) is 3.18. The van der Waals surface area contributed by atoms with Crippen molar-refractivity contribution in [2.75, 3.05) is 0 Å². The summed E-state index contributed by atoms with van der Waals surface area (Å²) in [5, 5.41) is 0. The Morgan fingerprint density at radius 2 is 2.15 bits per heavy atom. The molecule has 13 heavy (non-hydrogen) atoms. The molecule has 0 aromatic heterocycles. The van der Waals surface area contributed by atoms with Gasteiger partial charge in [-0.25, -0.2) is 0 Å². The summed E-state index contributed by atoms with van der Waals surface area (Å²) in [5.41, 5.74) is 2.29. The van der Waals surface area contributed by atoms with Gasteiger partial charge in [0.2, 0.25) is 0 Å². The van der Waals surface area contributed by atoms with Crippen molar-refractivity contribution in [2.45, 2.75) is 20.0 Å². The SMILES string of the molecule is Bc1ccc(OC(C)C)c(C=C)c1. The molecule has 0 heterocycles. The van der Waals surface area contributed by atoms with Gasteiger partial charge in [-0.3, -0.25) is 0 Å². The van der Waals surface area contributed by atoms with E-state index in [1.807, 2.05) is 32.1 Å². The molecule has 0 unspecified atom stereocenters. The quantitative estimate of drug-likeness (QED) is 0.629. The first-order chi connectivity index (χ1) is 6.13. The fourth-order valence-corrected chi connectivity index (χ4v) is 1.19. The molecule has 0 aliphatic heterocycles. The molecule has 0 saturated heterocycles. The summed E-state index contributed by atoms with van der Waals surface area (Å²) in [6.07, 6.45) is 2.03. The standard InChI is InChI=1S/C11H15BO/c1-4-9-7-10(12)5-6-11(9)13-8(2)3/h4-8H,1,12H2,2-3H3. The molecule has 0 atom stereocenters. The molecule has 68 valence electrons. The van der Waals surface area contributed by atoms with Crippen LogP contribution in [0.25, 0.3) is 6.08 Å². The highest BCUT2D eigenvalue weighted by molar-refractivity contribution is 6.32. The third-order valence-electron chi connectivity index (χ3n) is 1.75. The highest BCUT2D eigenvalue weighted by Gasteiger charge is 2.02. The van der Waals surface area contributed by atoms with E-state index in [4.69, 9.17) is 4.74 Å². The van der Waals surface area contributed by atoms with E-state index in [0.29, 0.717) is 0 Å². The van der Waals surface area contributed by atoms with Gasteiger partial charge in [-0.2, -0.15) is 0 Å². The van der Waals surface area contributed by atoms with E-state index in [0.717, 1.165) is 11.3 Å². The first kappa shape index (κ1) is 9.91. The summed E-state index contributed by atoms with van der Waals surface area (Å²) in [6, 6.07) is 6.11. The largest absolute Gasteiger partial charge is 0.490 e. The van der Waals surface area contributed by atoms with E-state index in [1.165, 1.54) is 5.46 Å². The minimum absolute atomic E-state index is 0.210. The smallest absolute Gasteiger partial charge is 0.139 e. The summed E-state index contributed by atoms with van der Waals surface area (Å²) in [6.45, 7) is 7.80. The van der Waals surface area contributed by atoms with Crippen molar-refractivity contribution in [1.82, 2.24) is 0 Å². The van der Waals surface area contributed by atoms with Crippen molar-refractivity contribution < 1.29 is 4.74 Å². The van der Waals surface area contributed by atoms with E-state index in [9.17, 15) is 0 Å². The predicted octanol–water partition coefficient (Wildman–Crippen LogP) is 1.38. The molecule has 0 N–H and O–H groups in total. The topological polar surface area (TPSA) is 9.23 Å². The Hall–Kier alpha value is -1.18. The van der Waals surface area contributed by atoms with Crippen LogP contribution in [0.4, 0.5) is 0 Å². The van der Waals surface area contributed by atoms with Gasteiger partial charge in [-0.1, -0.05) is 30.3 Å². The van der Waals surface area contributed by atoms with Crippen molar-refractivity contribution in [3.05, 3.63) is 30.3 Å². The Balaban J connectivity index is 2.99. The number of rotatable bonds is 3. The predicted molar refractivity (Wildman–Crippen MR) is 60.5 cm³/mol. The summed E-state index contributed by atoms with van der Waals surface area (Å²) < 4.78 is 5.62. The molecule has 0 radical (unpaired) electrons. The Bertz CT molecular complexity index is 305. The average molecular weight is 174 g/mol. The molecule has 1 nitrogen and oxygen atoms in total. The maximum atomic E-state index is 5.62. The normalized spacial score (nSPS) is 10.1. The third-order valence-corrected chi connectivity index (χ3v) is 1.75. The van der Waals surface area contributed by atoms with Gasteiger partial charge in [0.05, 0.1) is 6.10 Å². The number of hydrogen-bond donors (Lipinski definition) is 0. The second kappa shape index (κ2) is 4.17. The maximum Gasteiger partial charge on any atom is 0.139 e. The molecule has 1 aromatic rings. The zero-order chi connectivity index (χ0) is 9.84. The first-order valence-electron chi connectivity index (χ1n) is 4.53. The van der Waals surface area contributed by atoms with Crippen LogP contribution in [-0.2, 0) is 0 Å². The second-order valence-electron chi connectivity index (χ2n) is 3.41. The van der Waals surface area contributed by atoms with Crippen molar-refractivity contribution in [2.24, 2.45) is 0 Å². The highest BCUT2D eigenvalue weighted by Crippen LogP contribution is 2.18. The van der Waals surface area contributed by atoms with E-state index in [2.05, 4.69) is 20.5 Å². The van der Waals surface area contributed by atoms with Crippen LogP contribution in [0, 0.1) is 0 Å². The molecule has 1 rings (SSSR count). The summed E-state index contributed by atoms with van der Waals surface area (Å²) >= 11 is 0. The van der Waals surface area contributed by atoms with E-state index in [-0.39, 0.29) is 6.10 Å². The molecule has 0 aliphatic carbocycles. The van der Waals surface area contributed by atoms with Crippen LogP contribution < -0.4 is 10.2 Å². The lowest BCUT2D eigenvalue weighted by atomic mass is 9.94. The van der Waals surface area contributed by atoms with Crippen LogP contribution in [0.5, 0.6) is 5.75 Å². The van der Waals surface area contributed by atoms with E-state index in [1.54, 1.807) is 0 Å². The molecule has 0 spiro atoms. The van der Waals surface area contributed by atoms with Crippen LogP contribution in [0.1, 0.15) is 19.4 Å². The fourth-order valence-electron chi connectivity index (χ4n) is 1.19. The minimum atomic E-state index is 0.210. The fraction of sp³-hybridized carbons (Fsp3) is 0.273. The maximum absolute atomic E-state index is 5.62. The molecule has 0 bridgehead atoms. The molecular formula is C11H15BO. The Morgan fingerprint density at radius 3 is 2.69 bits per heavy atom. The van der Waals surface area contributed by atoms with Crippen LogP contribution in [-0.4, -0.2) is 14.0 Å². The Morgan fingerprint density at radius 1 is 1.46 bits per heavy atom. The lowest BCUT2D eigenvalue weighted by Crippen LogP contribution is -2.09. The molecule has 2 heteroatoms. The lowest BCUT2D eigenvalue weighted by molar-refractivity contribution is 0.242. The van der Waals surface area contributed by atoms with Crippen molar-refractivity contribution in [1.29, 1.82) is 0 Å². The average Bonchev–Trinajstić information content (AvgIpc) is 2.07. The van der Waals surface area contributed by atoms with E-state index < -0.39 is 0 Å². The molecule has 0 saturated carbocycles. The Labute approximate surface area is 80.8 Å². The monoisotopic (exact) mass is 174 g/mol. The first-order valence-corrected chi connectivity index (χ1v) is 4.53. The summed E-state index contributed by atoms with van der Waals surface area (Å²) in [4.78, 5) is 0. The summed E-state index contributed by atoms with van der Waals surface area (Å²) in [7, 11) is 2.06. The van der Waals surface area contributed by atoms with Crippen LogP contribution in [0.15, 0.2) is 24.8 Å². The number of benzene rings is 1. The van der Waals surface area contributed by atoms with Gasteiger partial charge >= 0.3 is 0 Å². The molecule has 0 aliphatic rings. The second-order valence-corrected chi connectivity index (χ2v) is 3.41. The van der Waals surface area contributed by atoms with Gasteiger partial charge < -0.3 is 4.74 Å². The van der Waals surface area contributed by atoms with Gasteiger partial charge in [0.25, 0.3) is 0 Å². The lowest BCUT2D eigenvalue weighted by Gasteiger charge is -2.12. The number of ether oxygens (including phenoxy) is 1. The molecular weight excluding hydrogens is 159 g/mol. The highest BCUT2D eigenvalue weighted by atomic mass is 16.5. The van der Waals surface area contributed by atoms with E-state index >= 15 is 0 Å². The van der Waals surface area contributed by atoms with Gasteiger partial charge in [0.1, 0.15) is 13.6 Å². The van der Waals surface area contributed by atoms with Gasteiger partial charge in [0.15, 0.2) is 0 Å². The molecule has 0 fully saturated rings. The minimum Gasteiger partial charge on any atom is -0.490 e. The van der Waals surface area contributed by atoms with Crippen LogP contribution >= 0.6 is 0 Å². The summed E-state index contributed by atoms with van der Waals surface area (Å²) in [5.74, 6) is 0.913. The zero-order valence-corrected chi connectivity index (χ0v) is 8.50. The van der Waals surface area contributed by atoms with Crippen molar-refractivity contribution in [3.8, 4) is 5.75 Å². The third kappa shape index (κ3) is 2.65. The van der Waals surface area contributed by atoms with Gasteiger partial charge in [0, 0.05) is 5.56 Å². The van der Waals surface area contributed by atoms with Crippen molar-refractivity contribution in [3.63, 3.8) is 0 Å². The van der Waals surface area contributed by atoms with Gasteiger partial charge in [-0.15, -0.1) is 0 Å². The van der Waals surface area contributed by atoms with Crippen LogP contribution in [0.2, 0.25) is 0 Å². The van der Waals surface area contributed by atoms with Crippen molar-refractivity contribution >= 4 is 19.4 Å². The molecule has 0 amide bonds. The zero-order valence-electron chi connectivity index (χ0n) is 8.50. The molecule has 1 aromatic carbocycles. The van der Waals surface area contributed by atoms with Crippen LogP contribution in [0.3, 0.4) is 0 Å².